The number of pyridine rings is 1. The van der Waals surface area contributed by atoms with Gasteiger partial charge in [-0.15, -0.1) is 0 Å². The largest absolute Gasteiger partial charge is 0.437 e. The third-order valence-electron chi connectivity index (χ3n) is 2.50. The molecule has 2 aromatic rings. The SMILES string of the molecule is Cc1ccc(F)cc1Oc1nc(C(N)=O)ccc1N. The fourth-order valence-corrected chi connectivity index (χ4v) is 1.46. The molecule has 6 heteroatoms. The van der Waals surface area contributed by atoms with Crippen LogP contribution in [0.2, 0.25) is 0 Å². The minimum Gasteiger partial charge on any atom is -0.437 e. The lowest BCUT2D eigenvalue weighted by atomic mass is 10.2. The van der Waals surface area contributed by atoms with Gasteiger partial charge in [0.2, 0.25) is 5.88 Å². The maximum atomic E-state index is 13.2. The third-order valence-corrected chi connectivity index (χ3v) is 2.50. The van der Waals surface area contributed by atoms with Crippen LogP contribution in [0, 0.1) is 12.7 Å². The zero-order chi connectivity index (χ0) is 14.0. The summed E-state index contributed by atoms with van der Waals surface area (Å²) in [4.78, 5) is 14.9. The average Bonchev–Trinajstić information content (AvgIpc) is 2.36. The van der Waals surface area contributed by atoms with Gasteiger partial charge < -0.3 is 16.2 Å². The second-order valence-corrected chi connectivity index (χ2v) is 3.97. The summed E-state index contributed by atoms with van der Waals surface area (Å²) in [7, 11) is 0. The molecule has 0 aliphatic heterocycles. The van der Waals surface area contributed by atoms with Crippen LogP contribution in [0.1, 0.15) is 16.1 Å². The first-order valence-corrected chi connectivity index (χ1v) is 5.47. The number of nitrogens with two attached hydrogens (primary N) is 2. The van der Waals surface area contributed by atoms with Crippen molar-refractivity contribution in [3.05, 3.63) is 47.4 Å². The van der Waals surface area contributed by atoms with Crippen LogP contribution in [0.25, 0.3) is 0 Å². The van der Waals surface area contributed by atoms with Crippen LogP contribution in [0.15, 0.2) is 30.3 Å². The number of hydrogen-bond acceptors (Lipinski definition) is 4. The van der Waals surface area contributed by atoms with Gasteiger partial charge in [-0.3, -0.25) is 4.79 Å². The maximum absolute atomic E-state index is 13.2. The van der Waals surface area contributed by atoms with Gasteiger partial charge in [0, 0.05) is 6.07 Å². The lowest BCUT2D eigenvalue weighted by Gasteiger charge is -2.10. The number of halogens is 1. The summed E-state index contributed by atoms with van der Waals surface area (Å²) in [6.45, 7) is 1.75. The van der Waals surface area contributed by atoms with E-state index < -0.39 is 11.7 Å². The third kappa shape index (κ3) is 2.79. The molecule has 0 fully saturated rings. The molecule has 0 radical (unpaired) electrons. The number of benzene rings is 1. The quantitative estimate of drug-likeness (QED) is 0.884. The Bertz CT molecular complexity index is 644. The normalized spacial score (nSPS) is 10.2. The van der Waals surface area contributed by atoms with E-state index in [4.69, 9.17) is 16.2 Å². The maximum Gasteiger partial charge on any atom is 0.267 e. The first kappa shape index (κ1) is 12.8. The topological polar surface area (TPSA) is 91.2 Å². The van der Waals surface area contributed by atoms with Crippen molar-refractivity contribution in [2.45, 2.75) is 6.92 Å². The number of anilines is 1. The number of ether oxygens (including phenoxy) is 1. The Balaban J connectivity index is 2.40. The Kier molecular flexibility index (Phi) is 3.33. The van der Waals surface area contributed by atoms with Crippen LogP contribution in [0.5, 0.6) is 11.6 Å². The molecule has 0 atom stereocenters. The molecule has 1 heterocycles. The van der Waals surface area contributed by atoms with E-state index in [0.717, 1.165) is 0 Å². The van der Waals surface area contributed by atoms with Gasteiger partial charge in [-0.1, -0.05) is 6.07 Å². The molecule has 1 amide bonds. The number of rotatable bonds is 3. The van der Waals surface area contributed by atoms with Crippen molar-refractivity contribution in [1.29, 1.82) is 0 Å². The summed E-state index contributed by atoms with van der Waals surface area (Å²) < 4.78 is 18.6. The van der Waals surface area contributed by atoms with Gasteiger partial charge in [-0.2, -0.15) is 0 Å². The van der Waals surface area contributed by atoms with E-state index in [9.17, 15) is 9.18 Å². The Morgan fingerprint density at radius 2 is 2.05 bits per heavy atom. The summed E-state index contributed by atoms with van der Waals surface area (Å²) in [5, 5.41) is 0. The van der Waals surface area contributed by atoms with E-state index in [1.165, 1.54) is 24.3 Å². The minimum absolute atomic E-state index is 0.0185. The van der Waals surface area contributed by atoms with E-state index >= 15 is 0 Å². The number of carbonyl (C=O) groups excluding carboxylic acids is 1. The fourth-order valence-electron chi connectivity index (χ4n) is 1.46. The molecule has 1 aromatic heterocycles. The molecule has 98 valence electrons. The summed E-state index contributed by atoms with van der Waals surface area (Å²) in [5.41, 5.74) is 11.8. The molecule has 2 rings (SSSR count). The summed E-state index contributed by atoms with van der Waals surface area (Å²) >= 11 is 0. The molecule has 4 N–H and O–H groups in total. The zero-order valence-corrected chi connectivity index (χ0v) is 10.2. The van der Waals surface area contributed by atoms with Crippen molar-refractivity contribution >= 4 is 11.6 Å². The number of nitrogen functional groups attached to an aromatic ring is 1. The minimum atomic E-state index is -0.694. The van der Waals surface area contributed by atoms with Gasteiger partial charge in [0.1, 0.15) is 17.3 Å². The molecular weight excluding hydrogens is 249 g/mol. The number of nitrogens with zero attached hydrogens (tertiary/aromatic N) is 1. The van der Waals surface area contributed by atoms with Crippen LogP contribution in [0.4, 0.5) is 10.1 Å². The number of amides is 1. The van der Waals surface area contributed by atoms with Gasteiger partial charge in [0.05, 0.1) is 5.69 Å². The summed E-state index contributed by atoms with van der Waals surface area (Å²) in [6.07, 6.45) is 0. The highest BCUT2D eigenvalue weighted by Gasteiger charge is 2.11. The number of carbonyl (C=O) groups is 1. The monoisotopic (exact) mass is 261 g/mol. The predicted octanol–water partition coefficient (Wildman–Crippen LogP) is 2.00. The highest BCUT2D eigenvalue weighted by atomic mass is 19.1. The Morgan fingerprint density at radius 3 is 2.74 bits per heavy atom. The van der Waals surface area contributed by atoms with E-state index in [-0.39, 0.29) is 23.0 Å². The number of hydrogen-bond donors (Lipinski definition) is 2. The van der Waals surface area contributed by atoms with Crippen molar-refractivity contribution in [2.75, 3.05) is 5.73 Å². The zero-order valence-electron chi connectivity index (χ0n) is 10.2. The second-order valence-electron chi connectivity index (χ2n) is 3.97. The molecule has 0 spiro atoms. The van der Waals surface area contributed by atoms with Gasteiger partial charge in [-0.25, -0.2) is 9.37 Å². The molecule has 0 bridgehead atoms. The van der Waals surface area contributed by atoms with E-state index in [0.29, 0.717) is 5.56 Å². The van der Waals surface area contributed by atoms with Crippen LogP contribution in [-0.4, -0.2) is 10.9 Å². The molecule has 5 nitrogen and oxygen atoms in total. The van der Waals surface area contributed by atoms with E-state index in [1.54, 1.807) is 13.0 Å². The molecule has 1 aromatic carbocycles. The standard InChI is InChI=1S/C13H12FN3O2/c1-7-2-3-8(14)6-11(7)19-13-9(15)4-5-10(17-13)12(16)18/h2-6H,15H2,1H3,(H2,16,18). The number of aromatic nitrogens is 1. The first-order valence-electron chi connectivity index (χ1n) is 5.47. The van der Waals surface area contributed by atoms with Gasteiger partial charge in [-0.05, 0) is 30.7 Å². The van der Waals surface area contributed by atoms with E-state index in [1.807, 2.05) is 0 Å². The molecule has 0 aliphatic rings. The predicted molar refractivity (Wildman–Crippen MR) is 68.4 cm³/mol. The van der Waals surface area contributed by atoms with Crippen molar-refractivity contribution in [3.63, 3.8) is 0 Å². The fraction of sp³-hybridized carbons (Fsp3) is 0.0769. The average molecular weight is 261 g/mol. The van der Waals surface area contributed by atoms with Crippen molar-refractivity contribution < 1.29 is 13.9 Å². The lowest BCUT2D eigenvalue weighted by molar-refractivity contribution is 0.0995. The number of aryl methyl sites for hydroxylation is 1. The summed E-state index contributed by atoms with van der Waals surface area (Å²) in [5.74, 6) is -0.836. The lowest BCUT2D eigenvalue weighted by Crippen LogP contribution is -2.13. The van der Waals surface area contributed by atoms with Crippen LogP contribution >= 0.6 is 0 Å². The molecule has 0 aliphatic carbocycles. The highest BCUT2D eigenvalue weighted by Crippen LogP contribution is 2.28. The van der Waals surface area contributed by atoms with Crippen molar-refractivity contribution in [3.8, 4) is 11.6 Å². The van der Waals surface area contributed by atoms with Gasteiger partial charge in [0.15, 0.2) is 0 Å². The van der Waals surface area contributed by atoms with Gasteiger partial charge in [0.25, 0.3) is 5.91 Å². The van der Waals surface area contributed by atoms with Crippen molar-refractivity contribution in [2.24, 2.45) is 5.73 Å². The van der Waals surface area contributed by atoms with E-state index in [2.05, 4.69) is 4.98 Å². The first-order chi connectivity index (χ1) is 8.97. The molecule has 0 unspecified atom stereocenters. The molecule has 19 heavy (non-hydrogen) atoms. The van der Waals surface area contributed by atoms with Crippen LogP contribution in [-0.2, 0) is 0 Å². The Labute approximate surface area is 109 Å². The van der Waals surface area contributed by atoms with Crippen LogP contribution < -0.4 is 16.2 Å². The summed E-state index contributed by atoms with van der Waals surface area (Å²) in [6, 6.07) is 6.95. The van der Waals surface area contributed by atoms with Crippen molar-refractivity contribution in [1.82, 2.24) is 4.98 Å². The highest BCUT2D eigenvalue weighted by molar-refractivity contribution is 5.91. The molecular formula is C13H12FN3O2. The Morgan fingerprint density at radius 1 is 1.32 bits per heavy atom. The molecule has 0 saturated heterocycles. The smallest absolute Gasteiger partial charge is 0.267 e. The van der Waals surface area contributed by atoms with Gasteiger partial charge >= 0.3 is 0 Å². The number of primary amides is 1. The Hall–Kier alpha value is -2.63. The van der Waals surface area contributed by atoms with Crippen LogP contribution in [0.3, 0.4) is 0 Å². The second kappa shape index (κ2) is 4.93. The molecule has 0 saturated carbocycles.